The molecule has 19 heavy (non-hydrogen) atoms. The number of hydrogen-bond acceptors (Lipinski definition) is 5. The van der Waals surface area contributed by atoms with Crippen molar-refractivity contribution in [3.05, 3.63) is 49.9 Å². The van der Waals surface area contributed by atoms with Gasteiger partial charge in [0.25, 0.3) is 5.56 Å². The summed E-state index contributed by atoms with van der Waals surface area (Å²) in [5, 5.41) is 12.3. The number of hydrazone groups is 1. The van der Waals surface area contributed by atoms with Gasteiger partial charge in [0, 0.05) is 10.6 Å². The van der Waals surface area contributed by atoms with Gasteiger partial charge in [-0.05, 0) is 19.1 Å². The maximum Gasteiger partial charge on any atom is 0.274 e. The first-order chi connectivity index (χ1) is 9.06. The fourth-order valence-electron chi connectivity index (χ4n) is 1.21. The number of rotatable bonds is 3. The number of hydrogen-bond donors (Lipinski definition) is 2. The number of aromatic amines is 1. The van der Waals surface area contributed by atoms with E-state index in [9.17, 15) is 4.79 Å². The molecule has 98 valence electrons. The Hall–Kier alpha value is -1.92. The number of benzene rings is 1. The summed E-state index contributed by atoms with van der Waals surface area (Å²) in [6, 6.07) is 5.03. The van der Waals surface area contributed by atoms with Gasteiger partial charge < -0.3 is 0 Å². The highest BCUT2D eigenvalue weighted by atomic mass is 35.5. The lowest BCUT2D eigenvalue weighted by Crippen LogP contribution is -2.15. The second-order valence-corrected chi connectivity index (χ2v) is 4.47. The first-order valence-corrected chi connectivity index (χ1v) is 5.99. The van der Waals surface area contributed by atoms with E-state index in [-0.39, 0.29) is 17.2 Å². The minimum absolute atomic E-state index is 0.150. The van der Waals surface area contributed by atoms with Gasteiger partial charge in [-0.3, -0.25) is 9.78 Å². The first-order valence-electron chi connectivity index (χ1n) is 5.24. The number of anilines is 1. The van der Waals surface area contributed by atoms with Crippen molar-refractivity contribution in [2.75, 3.05) is 5.43 Å². The summed E-state index contributed by atoms with van der Waals surface area (Å²) in [5.74, 6) is 0.150. The molecule has 0 fully saturated rings. The predicted octanol–water partition coefficient (Wildman–Crippen LogP) is 2.23. The summed E-state index contributed by atoms with van der Waals surface area (Å²) in [5.41, 5.74) is 3.20. The van der Waals surface area contributed by atoms with Crippen molar-refractivity contribution < 1.29 is 0 Å². The summed E-state index contributed by atoms with van der Waals surface area (Å²) >= 11 is 11.7. The highest BCUT2D eigenvalue weighted by molar-refractivity contribution is 6.36. The van der Waals surface area contributed by atoms with E-state index in [1.54, 1.807) is 25.1 Å². The number of halogens is 2. The molecular weight excluding hydrogens is 289 g/mol. The fraction of sp³-hybridized carbons (Fsp3) is 0.0909. The highest BCUT2D eigenvalue weighted by Crippen LogP contribution is 2.19. The van der Waals surface area contributed by atoms with Crippen molar-refractivity contribution in [3.63, 3.8) is 0 Å². The molecule has 0 unspecified atom stereocenters. The molecule has 0 saturated heterocycles. The van der Waals surface area contributed by atoms with Gasteiger partial charge in [0.05, 0.1) is 11.2 Å². The maximum absolute atomic E-state index is 11.3. The van der Waals surface area contributed by atoms with E-state index in [4.69, 9.17) is 23.2 Å². The summed E-state index contributed by atoms with van der Waals surface area (Å²) in [6.45, 7) is 1.56. The average molecular weight is 298 g/mol. The van der Waals surface area contributed by atoms with Crippen molar-refractivity contribution >= 4 is 35.4 Å². The number of aromatic nitrogens is 3. The smallest absolute Gasteiger partial charge is 0.274 e. The predicted molar refractivity (Wildman–Crippen MR) is 75.1 cm³/mol. The van der Waals surface area contributed by atoms with Gasteiger partial charge in [-0.1, -0.05) is 29.3 Å². The van der Waals surface area contributed by atoms with Gasteiger partial charge in [-0.15, -0.1) is 10.2 Å². The van der Waals surface area contributed by atoms with Gasteiger partial charge in [0.15, 0.2) is 0 Å². The quantitative estimate of drug-likeness (QED) is 0.672. The number of nitrogens with one attached hydrogen (secondary N) is 2. The van der Waals surface area contributed by atoms with E-state index in [1.165, 1.54) is 6.21 Å². The molecule has 6 nitrogen and oxygen atoms in total. The Bertz CT molecular complexity index is 683. The van der Waals surface area contributed by atoms with Crippen LogP contribution in [0.5, 0.6) is 0 Å². The first kappa shape index (κ1) is 13.5. The second-order valence-electron chi connectivity index (χ2n) is 3.62. The third-order valence-corrected chi connectivity index (χ3v) is 2.76. The molecule has 0 aliphatic rings. The second kappa shape index (κ2) is 5.81. The van der Waals surface area contributed by atoms with Crippen LogP contribution in [0.25, 0.3) is 0 Å². The molecule has 0 aliphatic heterocycles. The van der Waals surface area contributed by atoms with Gasteiger partial charge >= 0.3 is 0 Å². The van der Waals surface area contributed by atoms with Crippen LogP contribution in [0.15, 0.2) is 28.1 Å². The van der Waals surface area contributed by atoms with Gasteiger partial charge in [-0.2, -0.15) is 5.10 Å². The molecule has 0 aliphatic carbocycles. The van der Waals surface area contributed by atoms with Crippen molar-refractivity contribution in [3.8, 4) is 0 Å². The Morgan fingerprint density at radius 3 is 2.84 bits per heavy atom. The van der Waals surface area contributed by atoms with Crippen LogP contribution < -0.4 is 11.0 Å². The summed E-state index contributed by atoms with van der Waals surface area (Å²) in [4.78, 5) is 13.8. The molecule has 1 aromatic carbocycles. The molecule has 2 rings (SSSR count). The van der Waals surface area contributed by atoms with Crippen LogP contribution >= 0.6 is 23.2 Å². The summed E-state index contributed by atoms with van der Waals surface area (Å²) in [7, 11) is 0. The zero-order valence-electron chi connectivity index (χ0n) is 9.82. The summed E-state index contributed by atoms with van der Waals surface area (Å²) in [6.07, 6.45) is 1.48. The van der Waals surface area contributed by atoms with E-state index in [2.05, 4.69) is 25.7 Å². The Morgan fingerprint density at radius 2 is 2.16 bits per heavy atom. The lowest BCUT2D eigenvalue weighted by Gasteiger charge is -2.00. The number of nitrogens with zero attached hydrogens (tertiary/aromatic N) is 3. The molecular formula is C11H9Cl2N5O. The third kappa shape index (κ3) is 3.52. The molecule has 2 N–H and O–H groups in total. The zero-order chi connectivity index (χ0) is 13.8. The SMILES string of the molecule is Cc1nnc(N/N=C/c2ccc(Cl)cc2Cl)[nH]c1=O. The van der Waals surface area contributed by atoms with Crippen LogP contribution in [0, 0.1) is 6.92 Å². The topological polar surface area (TPSA) is 83.0 Å². The Balaban J connectivity index is 2.11. The zero-order valence-corrected chi connectivity index (χ0v) is 11.3. The third-order valence-electron chi connectivity index (χ3n) is 2.20. The standard InChI is InChI=1S/C11H9Cl2N5O/c1-6-10(19)15-11(18-16-6)17-14-5-7-2-3-8(12)4-9(7)13/h2-5H,1H3,(H2,15,17,18,19)/b14-5+. The van der Waals surface area contributed by atoms with Crippen LogP contribution in [0.4, 0.5) is 5.95 Å². The van der Waals surface area contributed by atoms with Crippen molar-refractivity contribution in [2.24, 2.45) is 5.10 Å². The van der Waals surface area contributed by atoms with Crippen LogP contribution in [0.2, 0.25) is 10.0 Å². The Labute approximate surface area is 118 Å². The maximum atomic E-state index is 11.3. The van der Waals surface area contributed by atoms with Gasteiger partial charge in [0.2, 0.25) is 5.95 Å². The van der Waals surface area contributed by atoms with Gasteiger partial charge in [0.1, 0.15) is 5.69 Å². The van der Waals surface area contributed by atoms with E-state index in [1.807, 2.05) is 0 Å². The van der Waals surface area contributed by atoms with Crippen LogP contribution in [-0.4, -0.2) is 21.4 Å². The Kier molecular flexibility index (Phi) is 4.13. The van der Waals surface area contributed by atoms with Gasteiger partial charge in [-0.25, -0.2) is 5.43 Å². The van der Waals surface area contributed by atoms with E-state index >= 15 is 0 Å². The lowest BCUT2D eigenvalue weighted by atomic mass is 10.2. The molecule has 0 spiro atoms. The molecule has 0 radical (unpaired) electrons. The molecule has 0 saturated carbocycles. The van der Waals surface area contributed by atoms with Crippen LogP contribution in [0.1, 0.15) is 11.3 Å². The Morgan fingerprint density at radius 1 is 1.37 bits per heavy atom. The highest BCUT2D eigenvalue weighted by Gasteiger charge is 1.99. The van der Waals surface area contributed by atoms with E-state index in [0.29, 0.717) is 15.6 Å². The van der Waals surface area contributed by atoms with Crippen molar-refractivity contribution in [2.45, 2.75) is 6.92 Å². The number of H-pyrrole nitrogens is 1. The monoisotopic (exact) mass is 297 g/mol. The molecule has 0 bridgehead atoms. The van der Waals surface area contributed by atoms with Crippen LogP contribution in [0.3, 0.4) is 0 Å². The lowest BCUT2D eigenvalue weighted by molar-refractivity contribution is 0.897. The summed E-state index contributed by atoms with van der Waals surface area (Å²) < 4.78 is 0. The largest absolute Gasteiger partial charge is 0.288 e. The number of aryl methyl sites for hydroxylation is 1. The van der Waals surface area contributed by atoms with E-state index < -0.39 is 0 Å². The van der Waals surface area contributed by atoms with Crippen molar-refractivity contribution in [1.29, 1.82) is 0 Å². The normalized spacial score (nSPS) is 10.9. The molecule has 2 aromatic rings. The van der Waals surface area contributed by atoms with E-state index in [0.717, 1.165) is 0 Å². The minimum Gasteiger partial charge on any atom is -0.288 e. The molecule has 0 amide bonds. The molecule has 1 heterocycles. The van der Waals surface area contributed by atoms with Crippen molar-refractivity contribution in [1.82, 2.24) is 15.2 Å². The molecule has 1 aromatic heterocycles. The molecule has 8 heteroatoms. The minimum atomic E-state index is -0.322. The average Bonchev–Trinajstić information content (AvgIpc) is 2.36. The van der Waals surface area contributed by atoms with Crippen LogP contribution in [-0.2, 0) is 0 Å². The molecule has 0 atom stereocenters. The fourth-order valence-corrected chi connectivity index (χ4v) is 1.67.